The van der Waals surface area contributed by atoms with E-state index in [-0.39, 0.29) is 24.9 Å². The fourth-order valence-corrected chi connectivity index (χ4v) is 1.85. The van der Waals surface area contributed by atoms with Crippen LogP contribution in [-0.2, 0) is 14.3 Å². The number of carbonyl (C=O) groups is 4. The van der Waals surface area contributed by atoms with Crippen molar-refractivity contribution < 1.29 is 23.9 Å². The predicted octanol–water partition coefficient (Wildman–Crippen LogP) is 1.63. The highest BCUT2D eigenvalue weighted by atomic mass is 35.5. The second-order valence-corrected chi connectivity index (χ2v) is 5.94. The zero-order chi connectivity index (χ0) is 19.5. The van der Waals surface area contributed by atoms with Crippen LogP contribution in [0.25, 0.3) is 0 Å². The van der Waals surface area contributed by atoms with Crippen molar-refractivity contribution in [3.8, 4) is 0 Å². The molecule has 0 saturated heterocycles. The minimum Gasteiger partial charge on any atom is -0.456 e. The first kappa shape index (κ1) is 21.4. The lowest BCUT2D eigenvalue weighted by molar-refractivity contribution is -0.148. The molecule has 26 heavy (non-hydrogen) atoms. The second kappa shape index (κ2) is 11.1. The number of carbonyl (C=O) groups excluding carboxylic acids is 4. The van der Waals surface area contributed by atoms with Gasteiger partial charge < -0.3 is 15.4 Å². The van der Waals surface area contributed by atoms with Gasteiger partial charge in [-0.05, 0) is 37.6 Å². The minimum absolute atomic E-state index is 0.0520. The maximum absolute atomic E-state index is 11.8. The number of halogens is 1. The number of imide groups is 1. The summed E-state index contributed by atoms with van der Waals surface area (Å²) < 4.78 is 4.74. The molecule has 8 nitrogen and oxygen atoms in total. The van der Waals surface area contributed by atoms with Crippen LogP contribution in [0.3, 0.4) is 0 Å². The largest absolute Gasteiger partial charge is 0.456 e. The Kier molecular flexibility index (Phi) is 9.14. The Morgan fingerprint density at radius 2 is 1.81 bits per heavy atom. The molecule has 0 heterocycles. The number of esters is 1. The SMILES string of the molecule is CC[C@@H](C)NC(=O)NC(=O)COC(=O)CCNC(=O)c1ccc(Cl)cc1. The summed E-state index contributed by atoms with van der Waals surface area (Å²) in [6.07, 6.45) is 0.615. The number of urea groups is 1. The van der Waals surface area contributed by atoms with Gasteiger partial charge in [0.25, 0.3) is 11.8 Å². The zero-order valence-electron chi connectivity index (χ0n) is 14.6. The van der Waals surface area contributed by atoms with Crippen molar-refractivity contribution in [1.29, 1.82) is 0 Å². The van der Waals surface area contributed by atoms with Gasteiger partial charge in [-0.2, -0.15) is 0 Å². The molecule has 0 radical (unpaired) electrons. The highest BCUT2D eigenvalue weighted by Gasteiger charge is 2.12. The summed E-state index contributed by atoms with van der Waals surface area (Å²) in [6, 6.07) is 5.57. The molecule has 0 saturated carbocycles. The van der Waals surface area contributed by atoms with Crippen LogP contribution in [0.4, 0.5) is 4.79 Å². The van der Waals surface area contributed by atoms with E-state index >= 15 is 0 Å². The smallest absolute Gasteiger partial charge is 0.321 e. The molecule has 1 aromatic carbocycles. The lowest BCUT2D eigenvalue weighted by atomic mass is 10.2. The number of benzene rings is 1. The summed E-state index contributed by atoms with van der Waals surface area (Å²) in [7, 11) is 0. The van der Waals surface area contributed by atoms with Gasteiger partial charge in [-0.1, -0.05) is 18.5 Å². The molecule has 3 N–H and O–H groups in total. The minimum atomic E-state index is -0.732. The Balaban J connectivity index is 2.21. The summed E-state index contributed by atoms with van der Waals surface area (Å²) >= 11 is 5.74. The van der Waals surface area contributed by atoms with E-state index in [1.54, 1.807) is 31.2 Å². The molecule has 1 rings (SSSR count). The summed E-state index contributed by atoms with van der Waals surface area (Å²) in [4.78, 5) is 46.3. The van der Waals surface area contributed by atoms with E-state index in [1.807, 2.05) is 6.92 Å². The van der Waals surface area contributed by atoms with E-state index < -0.39 is 24.5 Å². The Morgan fingerprint density at radius 3 is 2.42 bits per heavy atom. The van der Waals surface area contributed by atoms with Crippen LogP contribution < -0.4 is 16.0 Å². The normalized spacial score (nSPS) is 11.2. The molecule has 4 amide bonds. The maximum atomic E-state index is 11.8. The fraction of sp³-hybridized carbons (Fsp3) is 0.412. The van der Waals surface area contributed by atoms with Gasteiger partial charge in [-0.15, -0.1) is 0 Å². The van der Waals surface area contributed by atoms with Gasteiger partial charge in [0.1, 0.15) is 0 Å². The van der Waals surface area contributed by atoms with Crippen LogP contribution in [0.1, 0.15) is 37.0 Å². The number of amides is 4. The van der Waals surface area contributed by atoms with E-state index in [9.17, 15) is 19.2 Å². The van der Waals surface area contributed by atoms with Crippen LogP contribution >= 0.6 is 11.6 Å². The Bertz CT molecular complexity index is 648. The molecule has 0 spiro atoms. The Morgan fingerprint density at radius 1 is 1.15 bits per heavy atom. The first-order chi connectivity index (χ1) is 12.3. The van der Waals surface area contributed by atoms with Crippen molar-refractivity contribution in [2.24, 2.45) is 0 Å². The van der Waals surface area contributed by atoms with Gasteiger partial charge in [-0.3, -0.25) is 19.7 Å². The van der Waals surface area contributed by atoms with Gasteiger partial charge in [0.15, 0.2) is 6.61 Å². The second-order valence-electron chi connectivity index (χ2n) is 5.50. The van der Waals surface area contributed by atoms with Crippen molar-refractivity contribution in [1.82, 2.24) is 16.0 Å². The molecule has 0 fully saturated rings. The molecule has 0 aromatic heterocycles. The highest BCUT2D eigenvalue weighted by Crippen LogP contribution is 2.09. The van der Waals surface area contributed by atoms with Crippen LogP contribution in [0.2, 0.25) is 5.02 Å². The molecule has 0 unspecified atom stereocenters. The van der Waals surface area contributed by atoms with Crippen molar-refractivity contribution >= 4 is 35.4 Å². The molecule has 0 aliphatic rings. The number of ether oxygens (including phenoxy) is 1. The van der Waals surface area contributed by atoms with E-state index in [2.05, 4.69) is 16.0 Å². The zero-order valence-corrected chi connectivity index (χ0v) is 15.4. The number of nitrogens with one attached hydrogen (secondary N) is 3. The lowest BCUT2D eigenvalue weighted by Gasteiger charge is -2.11. The third-order valence-corrected chi connectivity index (χ3v) is 3.58. The Hall–Kier alpha value is -2.61. The molecule has 0 aliphatic heterocycles. The van der Waals surface area contributed by atoms with Crippen LogP contribution in [-0.4, -0.2) is 43.0 Å². The standard InChI is InChI=1S/C17H22ClN3O5/c1-3-11(2)20-17(25)21-14(22)10-26-15(23)8-9-19-16(24)12-4-6-13(18)7-5-12/h4-7,11H,3,8-10H2,1-2H3,(H,19,24)(H2,20,21,22,25)/t11-/m1/s1. The summed E-state index contributed by atoms with van der Waals surface area (Å²) in [6.45, 7) is 3.16. The summed E-state index contributed by atoms with van der Waals surface area (Å²) in [5.74, 6) is -1.75. The molecule has 142 valence electrons. The van der Waals surface area contributed by atoms with E-state index in [1.165, 1.54) is 0 Å². The first-order valence-corrected chi connectivity index (χ1v) is 8.49. The lowest BCUT2D eigenvalue weighted by Crippen LogP contribution is -2.44. The van der Waals surface area contributed by atoms with Gasteiger partial charge >= 0.3 is 12.0 Å². The van der Waals surface area contributed by atoms with Gasteiger partial charge in [-0.25, -0.2) is 4.79 Å². The number of rotatable bonds is 8. The van der Waals surface area contributed by atoms with Crippen molar-refractivity contribution in [3.63, 3.8) is 0 Å². The van der Waals surface area contributed by atoms with Crippen LogP contribution in [0.5, 0.6) is 0 Å². The Labute approximate surface area is 156 Å². The third kappa shape index (κ3) is 8.48. The van der Waals surface area contributed by atoms with Crippen molar-refractivity contribution in [2.75, 3.05) is 13.2 Å². The average Bonchev–Trinajstić information content (AvgIpc) is 2.60. The van der Waals surface area contributed by atoms with Gasteiger partial charge in [0, 0.05) is 23.2 Å². The molecule has 0 aliphatic carbocycles. The monoisotopic (exact) mass is 383 g/mol. The van der Waals surface area contributed by atoms with E-state index in [4.69, 9.17) is 16.3 Å². The molecule has 1 atom stereocenters. The maximum Gasteiger partial charge on any atom is 0.321 e. The number of hydrogen-bond acceptors (Lipinski definition) is 5. The van der Waals surface area contributed by atoms with Crippen LogP contribution in [0.15, 0.2) is 24.3 Å². The predicted molar refractivity (Wildman–Crippen MR) is 95.8 cm³/mol. The van der Waals surface area contributed by atoms with Crippen LogP contribution in [0, 0.1) is 0 Å². The van der Waals surface area contributed by atoms with E-state index in [0.717, 1.165) is 6.42 Å². The van der Waals surface area contributed by atoms with E-state index in [0.29, 0.717) is 10.6 Å². The first-order valence-electron chi connectivity index (χ1n) is 8.11. The van der Waals surface area contributed by atoms with Gasteiger partial charge in [0.2, 0.25) is 0 Å². The topological polar surface area (TPSA) is 114 Å². The number of hydrogen-bond donors (Lipinski definition) is 3. The molecular weight excluding hydrogens is 362 g/mol. The average molecular weight is 384 g/mol. The van der Waals surface area contributed by atoms with Crippen molar-refractivity contribution in [3.05, 3.63) is 34.9 Å². The molecule has 1 aromatic rings. The quantitative estimate of drug-likeness (QED) is 0.590. The molecular formula is C17H22ClN3O5. The summed E-state index contributed by atoms with van der Waals surface area (Å²) in [5.41, 5.74) is 0.412. The fourth-order valence-electron chi connectivity index (χ4n) is 1.72. The molecule has 9 heteroatoms. The summed E-state index contributed by atoms with van der Waals surface area (Å²) in [5, 5.41) is 7.67. The third-order valence-electron chi connectivity index (χ3n) is 3.33. The highest BCUT2D eigenvalue weighted by molar-refractivity contribution is 6.30. The van der Waals surface area contributed by atoms with Crippen molar-refractivity contribution in [2.45, 2.75) is 32.7 Å². The van der Waals surface area contributed by atoms with Gasteiger partial charge in [0.05, 0.1) is 6.42 Å². The molecule has 0 bridgehead atoms.